The molecule has 0 bridgehead atoms. The van der Waals surface area contributed by atoms with Crippen LogP contribution in [-0.4, -0.2) is 24.8 Å². The highest BCUT2D eigenvalue weighted by Gasteiger charge is 2.20. The summed E-state index contributed by atoms with van der Waals surface area (Å²) in [5, 5.41) is 12.7. The molecule has 0 atom stereocenters. The Morgan fingerprint density at radius 3 is 2.56 bits per heavy atom. The lowest BCUT2D eigenvalue weighted by Gasteiger charge is -2.16. The van der Waals surface area contributed by atoms with Gasteiger partial charge in [-0.2, -0.15) is 5.10 Å². The summed E-state index contributed by atoms with van der Waals surface area (Å²) < 4.78 is 3.82. The Morgan fingerprint density at radius 1 is 1.33 bits per heavy atom. The van der Waals surface area contributed by atoms with Gasteiger partial charge in [0.05, 0.1) is 11.7 Å². The highest BCUT2D eigenvalue weighted by atomic mass is 15.5. The summed E-state index contributed by atoms with van der Waals surface area (Å²) in [6.45, 7) is 4.70. The van der Waals surface area contributed by atoms with Gasteiger partial charge in [-0.15, -0.1) is 5.10 Å². The van der Waals surface area contributed by atoms with Crippen molar-refractivity contribution in [2.24, 2.45) is 12.8 Å². The van der Waals surface area contributed by atoms with Crippen molar-refractivity contribution >= 4 is 0 Å². The number of hydrogen-bond donors (Lipinski definition) is 1. The van der Waals surface area contributed by atoms with Gasteiger partial charge in [0.15, 0.2) is 0 Å². The van der Waals surface area contributed by atoms with Gasteiger partial charge in [-0.25, -0.2) is 4.68 Å². The molecule has 0 radical (unpaired) electrons. The third-order valence-corrected chi connectivity index (χ3v) is 3.31. The molecule has 2 aromatic heterocycles. The SMILES string of the molecule is CCC(CC)n1nnc(CN)c1-c1ccnn1C. The third-order valence-electron chi connectivity index (χ3n) is 3.31. The van der Waals surface area contributed by atoms with Gasteiger partial charge in [0, 0.05) is 19.8 Å². The van der Waals surface area contributed by atoms with Gasteiger partial charge >= 0.3 is 0 Å². The molecule has 6 heteroatoms. The van der Waals surface area contributed by atoms with E-state index in [9.17, 15) is 0 Å². The number of nitrogens with two attached hydrogens (primary N) is 1. The summed E-state index contributed by atoms with van der Waals surface area (Å²) >= 11 is 0. The fourth-order valence-electron chi connectivity index (χ4n) is 2.23. The van der Waals surface area contributed by atoms with Gasteiger partial charge in [-0.1, -0.05) is 19.1 Å². The zero-order chi connectivity index (χ0) is 13.1. The van der Waals surface area contributed by atoms with Crippen LogP contribution >= 0.6 is 0 Å². The average molecular weight is 248 g/mol. The van der Waals surface area contributed by atoms with Crippen LogP contribution in [0.25, 0.3) is 11.4 Å². The van der Waals surface area contributed by atoms with Crippen molar-refractivity contribution in [2.45, 2.75) is 39.3 Å². The Morgan fingerprint density at radius 2 is 2.06 bits per heavy atom. The van der Waals surface area contributed by atoms with E-state index >= 15 is 0 Å². The van der Waals surface area contributed by atoms with Gasteiger partial charge in [0.25, 0.3) is 0 Å². The molecule has 0 aliphatic rings. The van der Waals surface area contributed by atoms with Crippen molar-refractivity contribution in [1.29, 1.82) is 0 Å². The maximum Gasteiger partial charge on any atom is 0.111 e. The highest BCUT2D eigenvalue weighted by molar-refractivity contribution is 5.57. The Hall–Kier alpha value is -1.69. The van der Waals surface area contributed by atoms with Gasteiger partial charge in [-0.05, 0) is 18.9 Å². The van der Waals surface area contributed by atoms with E-state index in [4.69, 9.17) is 5.73 Å². The topological polar surface area (TPSA) is 74.6 Å². The number of aryl methyl sites for hydroxylation is 1. The average Bonchev–Trinajstić information content (AvgIpc) is 2.96. The van der Waals surface area contributed by atoms with Crippen molar-refractivity contribution in [3.8, 4) is 11.4 Å². The van der Waals surface area contributed by atoms with E-state index in [1.807, 2.05) is 22.5 Å². The van der Waals surface area contributed by atoms with Crippen molar-refractivity contribution in [1.82, 2.24) is 24.8 Å². The molecule has 0 spiro atoms. The van der Waals surface area contributed by atoms with E-state index in [1.54, 1.807) is 6.20 Å². The van der Waals surface area contributed by atoms with E-state index in [-0.39, 0.29) is 0 Å². The zero-order valence-corrected chi connectivity index (χ0v) is 11.2. The fraction of sp³-hybridized carbons (Fsp3) is 0.583. The Balaban J connectivity index is 2.56. The molecule has 98 valence electrons. The number of aromatic nitrogens is 5. The summed E-state index contributed by atoms with van der Waals surface area (Å²) in [6, 6.07) is 2.32. The Bertz CT molecular complexity index is 508. The van der Waals surface area contributed by atoms with Crippen LogP contribution < -0.4 is 5.73 Å². The zero-order valence-electron chi connectivity index (χ0n) is 11.2. The number of rotatable bonds is 5. The molecule has 0 amide bonds. The molecule has 2 aromatic rings. The molecule has 0 unspecified atom stereocenters. The minimum atomic E-state index is 0.350. The maximum atomic E-state index is 5.76. The molecule has 2 rings (SSSR count). The third kappa shape index (κ3) is 2.03. The molecule has 2 heterocycles. The molecular weight excluding hydrogens is 228 g/mol. The van der Waals surface area contributed by atoms with Gasteiger partial charge in [0.1, 0.15) is 11.4 Å². The summed E-state index contributed by atoms with van der Waals surface area (Å²) in [4.78, 5) is 0. The van der Waals surface area contributed by atoms with E-state index in [0.29, 0.717) is 12.6 Å². The second-order valence-electron chi connectivity index (χ2n) is 4.34. The first-order chi connectivity index (χ1) is 8.72. The fourth-order valence-corrected chi connectivity index (χ4v) is 2.23. The number of nitrogens with zero attached hydrogens (tertiary/aromatic N) is 5. The van der Waals surface area contributed by atoms with Crippen LogP contribution in [0.1, 0.15) is 38.4 Å². The van der Waals surface area contributed by atoms with Crippen LogP contribution in [-0.2, 0) is 13.6 Å². The van der Waals surface area contributed by atoms with Crippen LogP contribution in [0.15, 0.2) is 12.3 Å². The molecule has 0 aliphatic carbocycles. The van der Waals surface area contributed by atoms with Crippen LogP contribution in [0, 0.1) is 0 Å². The second kappa shape index (κ2) is 5.30. The lowest BCUT2D eigenvalue weighted by Crippen LogP contribution is -2.12. The molecule has 6 nitrogen and oxygen atoms in total. The normalized spacial score (nSPS) is 11.4. The van der Waals surface area contributed by atoms with Gasteiger partial charge in [0.2, 0.25) is 0 Å². The first-order valence-corrected chi connectivity index (χ1v) is 6.35. The minimum Gasteiger partial charge on any atom is -0.325 e. The van der Waals surface area contributed by atoms with Gasteiger partial charge in [-0.3, -0.25) is 4.68 Å². The van der Waals surface area contributed by atoms with Crippen LogP contribution in [0.4, 0.5) is 0 Å². The maximum absolute atomic E-state index is 5.76. The lowest BCUT2D eigenvalue weighted by molar-refractivity contribution is 0.421. The summed E-state index contributed by atoms with van der Waals surface area (Å²) in [5.74, 6) is 0. The molecule has 0 saturated heterocycles. The molecule has 0 aromatic carbocycles. The van der Waals surface area contributed by atoms with Crippen molar-refractivity contribution in [3.05, 3.63) is 18.0 Å². The Labute approximate surface area is 107 Å². The summed E-state index contributed by atoms with van der Waals surface area (Å²) in [7, 11) is 1.92. The molecule has 18 heavy (non-hydrogen) atoms. The van der Waals surface area contributed by atoms with E-state index in [1.165, 1.54) is 0 Å². The first kappa shape index (κ1) is 12.8. The second-order valence-corrected chi connectivity index (χ2v) is 4.34. The smallest absolute Gasteiger partial charge is 0.111 e. The van der Waals surface area contributed by atoms with E-state index < -0.39 is 0 Å². The predicted octanol–water partition coefficient (Wildman–Crippen LogP) is 1.50. The molecule has 0 aliphatic heterocycles. The monoisotopic (exact) mass is 248 g/mol. The van der Waals surface area contributed by atoms with E-state index in [0.717, 1.165) is 29.9 Å². The first-order valence-electron chi connectivity index (χ1n) is 6.35. The van der Waals surface area contributed by atoms with Crippen molar-refractivity contribution in [2.75, 3.05) is 0 Å². The van der Waals surface area contributed by atoms with Crippen molar-refractivity contribution < 1.29 is 0 Å². The highest BCUT2D eigenvalue weighted by Crippen LogP contribution is 2.26. The summed E-state index contributed by atoms with van der Waals surface area (Å²) in [5.41, 5.74) is 8.58. The van der Waals surface area contributed by atoms with E-state index in [2.05, 4.69) is 29.3 Å². The van der Waals surface area contributed by atoms with Crippen molar-refractivity contribution in [3.63, 3.8) is 0 Å². The largest absolute Gasteiger partial charge is 0.325 e. The van der Waals surface area contributed by atoms with Crippen LogP contribution in [0.3, 0.4) is 0 Å². The Kier molecular flexibility index (Phi) is 3.76. The standard InChI is InChI=1S/C12H20N6/c1-4-9(5-2)18-12(10(8-13)15-16-18)11-6-7-14-17(11)3/h6-7,9H,4-5,8,13H2,1-3H3. The summed E-state index contributed by atoms with van der Waals surface area (Å²) in [6.07, 6.45) is 3.82. The molecular formula is C12H20N6. The predicted molar refractivity (Wildman–Crippen MR) is 69.7 cm³/mol. The molecule has 2 N–H and O–H groups in total. The van der Waals surface area contributed by atoms with Gasteiger partial charge < -0.3 is 5.73 Å². The minimum absolute atomic E-state index is 0.350. The van der Waals surface area contributed by atoms with Crippen LogP contribution in [0.5, 0.6) is 0 Å². The molecule has 0 fully saturated rings. The quantitative estimate of drug-likeness (QED) is 0.870. The molecule has 0 saturated carbocycles. The van der Waals surface area contributed by atoms with Crippen LogP contribution in [0.2, 0.25) is 0 Å². The number of hydrogen-bond acceptors (Lipinski definition) is 4. The lowest BCUT2D eigenvalue weighted by atomic mass is 10.1.